The molecule has 3 rings (SSSR count). The van der Waals surface area contributed by atoms with Crippen molar-refractivity contribution in [2.24, 2.45) is 13.0 Å². The Kier molecular flexibility index (Phi) is 4.51. The highest BCUT2D eigenvalue weighted by Crippen LogP contribution is 2.19. The largest absolute Gasteiger partial charge is 0.481 e. The molecule has 124 valence electrons. The highest BCUT2D eigenvalue weighted by atomic mass is 16.4. The molecule has 0 bridgehead atoms. The molecule has 1 atom stereocenters. The number of hydrogen-bond acceptors (Lipinski definition) is 3. The number of nitrogens with zero attached hydrogens (tertiary/aromatic N) is 2. The molecule has 0 fully saturated rings. The van der Waals surface area contributed by atoms with Gasteiger partial charge in [-0.15, -0.1) is 0 Å². The van der Waals surface area contributed by atoms with E-state index in [0.29, 0.717) is 13.0 Å². The number of benzene rings is 2. The lowest BCUT2D eigenvalue weighted by molar-refractivity contribution is -0.141. The zero-order valence-electron chi connectivity index (χ0n) is 13.9. The van der Waals surface area contributed by atoms with Crippen LogP contribution in [-0.2, 0) is 24.8 Å². The van der Waals surface area contributed by atoms with Crippen molar-refractivity contribution in [3.8, 4) is 0 Å². The number of carboxylic acid groups (broad SMARTS) is 1. The molecule has 2 aromatic carbocycles. The normalized spacial score (nSPS) is 12.2. The first-order chi connectivity index (χ1) is 11.5. The second-order valence-corrected chi connectivity index (χ2v) is 6.13. The number of nitrogens with one attached hydrogen (secondary N) is 1. The molecule has 3 aromatic rings. The Morgan fingerprint density at radius 2 is 2.00 bits per heavy atom. The summed E-state index contributed by atoms with van der Waals surface area (Å²) < 4.78 is 2.01. The summed E-state index contributed by atoms with van der Waals surface area (Å²) >= 11 is 0. The average molecular weight is 323 g/mol. The monoisotopic (exact) mass is 323 g/mol. The third kappa shape index (κ3) is 3.40. The minimum Gasteiger partial charge on any atom is -0.481 e. The fourth-order valence-electron chi connectivity index (χ4n) is 2.76. The number of aryl methyl sites for hydroxylation is 1. The van der Waals surface area contributed by atoms with Gasteiger partial charge in [-0.3, -0.25) is 4.79 Å². The smallest absolute Gasteiger partial charge is 0.306 e. The topological polar surface area (TPSA) is 67.2 Å². The first-order valence-corrected chi connectivity index (χ1v) is 7.99. The van der Waals surface area contributed by atoms with E-state index in [9.17, 15) is 4.79 Å². The van der Waals surface area contributed by atoms with Gasteiger partial charge in [-0.2, -0.15) is 0 Å². The third-order valence-corrected chi connectivity index (χ3v) is 4.24. The van der Waals surface area contributed by atoms with E-state index in [2.05, 4.69) is 22.4 Å². The van der Waals surface area contributed by atoms with E-state index in [1.165, 1.54) is 0 Å². The van der Waals surface area contributed by atoms with Crippen molar-refractivity contribution in [1.29, 1.82) is 0 Å². The van der Waals surface area contributed by atoms with Crippen LogP contribution in [0.5, 0.6) is 0 Å². The molecule has 0 aliphatic heterocycles. The molecule has 24 heavy (non-hydrogen) atoms. The van der Waals surface area contributed by atoms with Gasteiger partial charge in [0.15, 0.2) is 0 Å². The van der Waals surface area contributed by atoms with Gasteiger partial charge in [0.1, 0.15) is 0 Å². The Hall–Kier alpha value is -2.82. The van der Waals surface area contributed by atoms with Crippen molar-refractivity contribution in [3.05, 3.63) is 59.9 Å². The molecule has 0 radical (unpaired) electrons. The van der Waals surface area contributed by atoms with E-state index in [0.717, 1.165) is 27.8 Å². The Bertz CT molecular complexity index is 853. The number of hydrogen-bond donors (Lipinski definition) is 2. The molecule has 1 heterocycles. The maximum atomic E-state index is 10.9. The summed E-state index contributed by atoms with van der Waals surface area (Å²) in [5.74, 6) is -1.13. The molecule has 5 nitrogen and oxygen atoms in total. The summed E-state index contributed by atoms with van der Waals surface area (Å²) in [7, 11) is 1.99. The number of carbonyl (C=O) groups is 1. The molecule has 1 unspecified atom stereocenters. The number of para-hydroxylation sites is 1. The fourth-order valence-corrected chi connectivity index (χ4v) is 2.76. The Morgan fingerprint density at radius 3 is 2.71 bits per heavy atom. The van der Waals surface area contributed by atoms with Crippen LogP contribution in [0.1, 0.15) is 18.1 Å². The van der Waals surface area contributed by atoms with Gasteiger partial charge in [-0.05, 0) is 35.7 Å². The average Bonchev–Trinajstić information content (AvgIpc) is 2.96. The number of rotatable bonds is 6. The number of aliphatic carboxylic acids is 1. The lowest BCUT2D eigenvalue weighted by atomic mass is 10.0. The van der Waals surface area contributed by atoms with Crippen LogP contribution in [0.25, 0.3) is 11.0 Å². The number of imidazole rings is 1. The van der Waals surface area contributed by atoms with Gasteiger partial charge in [-0.25, -0.2) is 4.98 Å². The van der Waals surface area contributed by atoms with Gasteiger partial charge in [-0.1, -0.05) is 31.2 Å². The van der Waals surface area contributed by atoms with Gasteiger partial charge in [0.2, 0.25) is 0 Å². The summed E-state index contributed by atoms with van der Waals surface area (Å²) in [5.41, 5.74) is 5.32. The third-order valence-electron chi connectivity index (χ3n) is 4.24. The van der Waals surface area contributed by atoms with Crippen molar-refractivity contribution in [3.63, 3.8) is 0 Å². The van der Waals surface area contributed by atoms with Gasteiger partial charge in [0.25, 0.3) is 0 Å². The first kappa shape index (κ1) is 16.1. The molecular formula is C19H21N3O2. The van der Waals surface area contributed by atoms with Crippen LogP contribution < -0.4 is 5.32 Å². The Balaban J connectivity index is 1.67. The van der Waals surface area contributed by atoms with Gasteiger partial charge in [0, 0.05) is 19.3 Å². The van der Waals surface area contributed by atoms with Crippen LogP contribution in [0, 0.1) is 5.92 Å². The van der Waals surface area contributed by atoms with Crippen molar-refractivity contribution in [2.45, 2.75) is 19.9 Å². The molecule has 1 aromatic heterocycles. The molecule has 0 saturated heterocycles. The lowest BCUT2D eigenvalue weighted by Gasteiger charge is -2.10. The van der Waals surface area contributed by atoms with Crippen LogP contribution in [0.2, 0.25) is 0 Å². The van der Waals surface area contributed by atoms with Crippen LogP contribution in [0.3, 0.4) is 0 Å². The minimum atomic E-state index is -0.763. The number of aromatic nitrogens is 2. The summed E-state index contributed by atoms with van der Waals surface area (Å²) in [6.07, 6.45) is 2.37. The van der Waals surface area contributed by atoms with E-state index in [-0.39, 0.29) is 5.92 Å². The predicted octanol–water partition coefficient (Wildman–Crippen LogP) is 3.45. The standard InChI is InChI=1S/C19H21N3O2/c1-13(19(23)24)10-14-6-8-16(9-7-14)20-11-15-4-3-5-17-18(15)21-12-22(17)2/h3-9,12-13,20H,10-11H2,1-2H3,(H,23,24). The summed E-state index contributed by atoms with van der Waals surface area (Å²) in [4.78, 5) is 15.4. The van der Waals surface area contributed by atoms with E-state index >= 15 is 0 Å². The minimum absolute atomic E-state index is 0.370. The fraction of sp³-hybridized carbons (Fsp3) is 0.263. The number of fused-ring (bicyclic) bond motifs is 1. The van der Waals surface area contributed by atoms with Crippen LogP contribution in [-0.4, -0.2) is 20.6 Å². The molecular weight excluding hydrogens is 302 g/mol. The molecule has 2 N–H and O–H groups in total. The van der Waals surface area contributed by atoms with Gasteiger partial charge >= 0.3 is 5.97 Å². The maximum Gasteiger partial charge on any atom is 0.306 e. The van der Waals surface area contributed by atoms with Crippen molar-refractivity contribution >= 4 is 22.7 Å². The summed E-state index contributed by atoms with van der Waals surface area (Å²) in [5, 5.41) is 12.4. The van der Waals surface area contributed by atoms with Crippen LogP contribution in [0.4, 0.5) is 5.69 Å². The first-order valence-electron chi connectivity index (χ1n) is 7.99. The van der Waals surface area contributed by atoms with Crippen LogP contribution in [0.15, 0.2) is 48.8 Å². The highest BCUT2D eigenvalue weighted by molar-refractivity contribution is 5.79. The second kappa shape index (κ2) is 6.74. The van der Waals surface area contributed by atoms with E-state index < -0.39 is 5.97 Å². The summed E-state index contributed by atoms with van der Waals surface area (Å²) in [6.45, 7) is 2.42. The second-order valence-electron chi connectivity index (χ2n) is 6.13. The Morgan fingerprint density at radius 1 is 1.25 bits per heavy atom. The molecule has 0 amide bonds. The van der Waals surface area contributed by atoms with Crippen molar-refractivity contribution < 1.29 is 9.90 Å². The maximum absolute atomic E-state index is 10.9. The predicted molar refractivity (Wildman–Crippen MR) is 95.0 cm³/mol. The number of carboxylic acids is 1. The molecule has 0 aliphatic rings. The summed E-state index contributed by atoms with van der Waals surface area (Å²) in [6, 6.07) is 14.1. The van der Waals surface area contributed by atoms with Gasteiger partial charge in [0.05, 0.1) is 23.3 Å². The van der Waals surface area contributed by atoms with Crippen molar-refractivity contribution in [1.82, 2.24) is 9.55 Å². The number of anilines is 1. The molecule has 0 aliphatic carbocycles. The van der Waals surface area contributed by atoms with Crippen molar-refractivity contribution in [2.75, 3.05) is 5.32 Å². The highest BCUT2D eigenvalue weighted by Gasteiger charge is 2.11. The molecule has 0 spiro atoms. The Labute approximate surface area is 141 Å². The zero-order chi connectivity index (χ0) is 17.1. The van der Waals surface area contributed by atoms with Gasteiger partial charge < -0.3 is 15.0 Å². The van der Waals surface area contributed by atoms with E-state index in [1.807, 2.05) is 48.3 Å². The van der Waals surface area contributed by atoms with E-state index in [1.54, 1.807) is 6.92 Å². The quantitative estimate of drug-likeness (QED) is 0.729. The molecule has 5 heteroatoms. The molecule has 0 saturated carbocycles. The zero-order valence-corrected chi connectivity index (χ0v) is 13.9. The lowest BCUT2D eigenvalue weighted by Crippen LogP contribution is -2.12. The van der Waals surface area contributed by atoms with Crippen LogP contribution >= 0.6 is 0 Å². The van der Waals surface area contributed by atoms with E-state index in [4.69, 9.17) is 5.11 Å². The SMILES string of the molecule is CC(Cc1ccc(NCc2cccc3c2ncn3C)cc1)C(=O)O.